The third kappa shape index (κ3) is 3.13. The van der Waals surface area contributed by atoms with Crippen LogP contribution in [0.15, 0.2) is 40.7 Å². The predicted octanol–water partition coefficient (Wildman–Crippen LogP) is 3.93. The standard InChI is InChI=1S/C23H27NO4/c1-13-19(22(26)27-4)20(21-16(24-13)6-5-7-17(21)25)15-8-9-18-14(12-15)10-11-23(2,3)28-18/h8-9,12,20,24H,5-7,10-11H2,1-4H3. The van der Waals surface area contributed by atoms with E-state index in [1.54, 1.807) is 0 Å². The number of carbonyl (C=O) groups excluding carboxylic acids is 2. The average Bonchev–Trinajstić information content (AvgIpc) is 2.65. The van der Waals surface area contributed by atoms with Crippen molar-refractivity contribution in [3.05, 3.63) is 51.9 Å². The molecule has 0 spiro atoms. The van der Waals surface area contributed by atoms with Gasteiger partial charge in [0.2, 0.25) is 0 Å². The van der Waals surface area contributed by atoms with E-state index in [0.29, 0.717) is 17.6 Å². The number of nitrogens with one attached hydrogen (secondary N) is 1. The van der Waals surface area contributed by atoms with Crippen LogP contribution in [0.25, 0.3) is 0 Å². The molecule has 1 aromatic carbocycles. The van der Waals surface area contributed by atoms with E-state index in [0.717, 1.165) is 54.0 Å². The molecule has 0 bridgehead atoms. The Balaban J connectivity index is 1.84. The second-order valence-electron chi connectivity index (χ2n) is 8.49. The fraction of sp³-hybridized carbons (Fsp3) is 0.478. The van der Waals surface area contributed by atoms with Crippen molar-refractivity contribution < 1.29 is 19.1 Å². The lowest BCUT2D eigenvalue weighted by Gasteiger charge is -2.36. The highest BCUT2D eigenvalue weighted by Gasteiger charge is 2.39. The summed E-state index contributed by atoms with van der Waals surface area (Å²) in [5.41, 5.74) is 4.85. The fourth-order valence-electron chi connectivity index (χ4n) is 4.56. The van der Waals surface area contributed by atoms with Crippen LogP contribution in [0.1, 0.15) is 63.5 Å². The number of carbonyl (C=O) groups is 2. The van der Waals surface area contributed by atoms with Gasteiger partial charge in [-0.25, -0.2) is 4.79 Å². The zero-order valence-corrected chi connectivity index (χ0v) is 17.0. The van der Waals surface area contributed by atoms with Gasteiger partial charge >= 0.3 is 5.97 Å². The van der Waals surface area contributed by atoms with Gasteiger partial charge in [-0.1, -0.05) is 12.1 Å². The molecule has 3 aliphatic rings. The minimum absolute atomic E-state index is 0.114. The molecule has 0 saturated carbocycles. The molecule has 0 amide bonds. The molecule has 28 heavy (non-hydrogen) atoms. The van der Waals surface area contributed by atoms with Gasteiger partial charge in [0.05, 0.1) is 12.7 Å². The van der Waals surface area contributed by atoms with Gasteiger partial charge in [0.25, 0.3) is 0 Å². The number of esters is 1. The number of methoxy groups -OCH3 is 1. The predicted molar refractivity (Wildman–Crippen MR) is 106 cm³/mol. The van der Waals surface area contributed by atoms with Crippen LogP contribution in [0.5, 0.6) is 5.75 Å². The molecule has 5 heteroatoms. The molecule has 0 radical (unpaired) electrons. The fourth-order valence-corrected chi connectivity index (χ4v) is 4.56. The van der Waals surface area contributed by atoms with Gasteiger partial charge in [0, 0.05) is 29.3 Å². The molecule has 2 aliphatic heterocycles. The first-order valence-electron chi connectivity index (χ1n) is 9.95. The van der Waals surface area contributed by atoms with Crippen molar-refractivity contribution in [3.63, 3.8) is 0 Å². The summed E-state index contributed by atoms with van der Waals surface area (Å²) in [7, 11) is 1.38. The monoisotopic (exact) mass is 381 g/mol. The zero-order chi connectivity index (χ0) is 20.1. The van der Waals surface area contributed by atoms with E-state index in [-0.39, 0.29) is 11.4 Å². The van der Waals surface area contributed by atoms with Crippen molar-refractivity contribution in [2.45, 2.75) is 64.4 Å². The minimum atomic E-state index is -0.393. The molecular formula is C23H27NO4. The normalized spacial score (nSPS) is 23.4. The maximum Gasteiger partial charge on any atom is 0.336 e. The number of hydrogen-bond donors (Lipinski definition) is 1. The van der Waals surface area contributed by atoms with E-state index >= 15 is 0 Å². The van der Waals surface area contributed by atoms with Gasteiger partial charge in [0.1, 0.15) is 11.4 Å². The summed E-state index contributed by atoms with van der Waals surface area (Å²) >= 11 is 0. The topological polar surface area (TPSA) is 64.6 Å². The third-order valence-corrected chi connectivity index (χ3v) is 5.98. The largest absolute Gasteiger partial charge is 0.488 e. The quantitative estimate of drug-likeness (QED) is 0.787. The summed E-state index contributed by atoms with van der Waals surface area (Å²) in [6, 6.07) is 6.06. The number of benzene rings is 1. The van der Waals surface area contributed by atoms with E-state index in [4.69, 9.17) is 9.47 Å². The van der Waals surface area contributed by atoms with E-state index in [1.807, 2.05) is 19.1 Å². The van der Waals surface area contributed by atoms with Crippen molar-refractivity contribution >= 4 is 11.8 Å². The Morgan fingerprint density at radius 3 is 2.79 bits per heavy atom. The number of fused-ring (bicyclic) bond motifs is 1. The molecule has 0 fully saturated rings. The number of rotatable bonds is 2. The van der Waals surface area contributed by atoms with Gasteiger partial charge in [-0.05, 0) is 63.6 Å². The number of hydrogen-bond acceptors (Lipinski definition) is 5. The summed E-state index contributed by atoms with van der Waals surface area (Å²) in [4.78, 5) is 25.5. The van der Waals surface area contributed by atoms with E-state index in [9.17, 15) is 9.59 Å². The number of ether oxygens (including phenoxy) is 2. The van der Waals surface area contributed by atoms with Crippen LogP contribution in [-0.4, -0.2) is 24.5 Å². The maximum atomic E-state index is 12.9. The van der Waals surface area contributed by atoms with Gasteiger partial charge in [-0.3, -0.25) is 4.79 Å². The number of allylic oxidation sites excluding steroid dienone is 3. The number of dihydropyridines is 1. The molecule has 1 atom stereocenters. The van der Waals surface area contributed by atoms with Crippen molar-refractivity contribution in [2.24, 2.45) is 0 Å². The average molecular weight is 381 g/mol. The Morgan fingerprint density at radius 1 is 1.25 bits per heavy atom. The van der Waals surface area contributed by atoms with E-state index in [1.165, 1.54) is 7.11 Å². The van der Waals surface area contributed by atoms with Crippen molar-refractivity contribution in [1.82, 2.24) is 5.32 Å². The summed E-state index contributed by atoms with van der Waals surface area (Å²) in [5, 5.41) is 3.30. The lowest BCUT2D eigenvalue weighted by atomic mass is 9.74. The molecule has 1 unspecified atom stereocenters. The summed E-state index contributed by atoms with van der Waals surface area (Å²) in [6.07, 6.45) is 4.03. The molecule has 1 aromatic rings. The molecule has 2 heterocycles. The van der Waals surface area contributed by atoms with Crippen molar-refractivity contribution in [2.75, 3.05) is 7.11 Å². The Morgan fingerprint density at radius 2 is 2.04 bits per heavy atom. The highest BCUT2D eigenvalue weighted by Crippen LogP contribution is 2.44. The van der Waals surface area contributed by atoms with Crippen LogP contribution in [0, 0.1) is 0 Å². The number of ketones is 1. The van der Waals surface area contributed by atoms with Crippen LogP contribution in [0.4, 0.5) is 0 Å². The molecule has 1 N–H and O–H groups in total. The first-order valence-corrected chi connectivity index (χ1v) is 9.95. The van der Waals surface area contributed by atoms with Crippen LogP contribution >= 0.6 is 0 Å². The van der Waals surface area contributed by atoms with Crippen LogP contribution in [0.3, 0.4) is 0 Å². The van der Waals surface area contributed by atoms with Crippen LogP contribution in [-0.2, 0) is 20.7 Å². The van der Waals surface area contributed by atoms with Gasteiger partial charge in [0.15, 0.2) is 5.78 Å². The Bertz CT molecular complexity index is 923. The first-order chi connectivity index (χ1) is 13.3. The SMILES string of the molecule is COC(=O)C1=C(C)NC2=C(C(=O)CCC2)C1c1ccc2c(c1)CCC(C)(C)O2. The molecule has 0 aromatic heterocycles. The summed E-state index contributed by atoms with van der Waals surface area (Å²) < 4.78 is 11.2. The third-order valence-electron chi connectivity index (χ3n) is 5.98. The smallest absolute Gasteiger partial charge is 0.336 e. The van der Waals surface area contributed by atoms with Crippen LogP contribution in [0.2, 0.25) is 0 Å². The zero-order valence-electron chi connectivity index (χ0n) is 17.0. The highest BCUT2D eigenvalue weighted by atomic mass is 16.5. The van der Waals surface area contributed by atoms with E-state index in [2.05, 4.69) is 25.2 Å². The van der Waals surface area contributed by atoms with Gasteiger partial charge < -0.3 is 14.8 Å². The van der Waals surface area contributed by atoms with Crippen LogP contribution < -0.4 is 10.1 Å². The van der Waals surface area contributed by atoms with Crippen molar-refractivity contribution in [3.8, 4) is 5.75 Å². The molecule has 4 rings (SSSR count). The summed E-state index contributed by atoms with van der Waals surface area (Å²) in [5.74, 6) is 0.216. The molecule has 0 saturated heterocycles. The second-order valence-corrected chi connectivity index (χ2v) is 8.49. The van der Waals surface area contributed by atoms with E-state index < -0.39 is 11.9 Å². The molecule has 1 aliphatic carbocycles. The molecular weight excluding hydrogens is 354 g/mol. The molecule has 5 nitrogen and oxygen atoms in total. The lowest BCUT2D eigenvalue weighted by molar-refractivity contribution is -0.136. The Hall–Kier alpha value is -2.56. The first kappa shape index (κ1) is 18.8. The van der Waals surface area contributed by atoms with Gasteiger partial charge in [-0.15, -0.1) is 0 Å². The summed E-state index contributed by atoms with van der Waals surface area (Å²) in [6.45, 7) is 6.07. The lowest BCUT2D eigenvalue weighted by Crippen LogP contribution is -2.35. The van der Waals surface area contributed by atoms with Crippen molar-refractivity contribution in [1.29, 1.82) is 0 Å². The second kappa shape index (κ2) is 6.80. The minimum Gasteiger partial charge on any atom is -0.488 e. The Labute approximate surface area is 165 Å². The molecule has 148 valence electrons. The maximum absolute atomic E-state index is 12.9. The Kier molecular flexibility index (Phi) is 4.56. The number of aryl methyl sites for hydroxylation is 1. The number of Topliss-reactive ketones (excluding diaryl/α,β-unsaturated/α-hetero) is 1. The highest BCUT2D eigenvalue weighted by molar-refractivity contribution is 6.03. The van der Waals surface area contributed by atoms with Gasteiger partial charge in [-0.2, -0.15) is 0 Å².